The molecule has 3 aromatic rings. The zero-order chi connectivity index (χ0) is 20.6. The van der Waals surface area contributed by atoms with Gasteiger partial charge in [-0.15, -0.1) is 0 Å². The summed E-state index contributed by atoms with van der Waals surface area (Å²) in [6, 6.07) is 16.9. The number of pyridine rings is 1. The molecule has 2 aromatic carbocycles. The Morgan fingerprint density at radius 2 is 1.55 bits per heavy atom. The fourth-order valence-electron chi connectivity index (χ4n) is 2.67. The minimum absolute atomic E-state index is 0.124. The van der Waals surface area contributed by atoms with E-state index in [2.05, 4.69) is 20.9 Å². The van der Waals surface area contributed by atoms with Crippen molar-refractivity contribution >= 4 is 28.9 Å². The molecule has 0 bridgehead atoms. The van der Waals surface area contributed by atoms with Crippen LogP contribution in [0, 0.1) is 5.82 Å². The number of halogens is 1. The highest BCUT2D eigenvalue weighted by Gasteiger charge is 2.07. The van der Waals surface area contributed by atoms with Crippen LogP contribution in [0.1, 0.15) is 23.0 Å². The Morgan fingerprint density at radius 1 is 0.897 bits per heavy atom. The maximum absolute atomic E-state index is 12.9. The van der Waals surface area contributed by atoms with Crippen molar-refractivity contribution in [2.45, 2.75) is 13.3 Å². The fourth-order valence-corrected chi connectivity index (χ4v) is 2.67. The van der Waals surface area contributed by atoms with Gasteiger partial charge in [-0.3, -0.25) is 9.59 Å². The number of amides is 2. The predicted molar refractivity (Wildman–Crippen MR) is 111 cm³/mol. The van der Waals surface area contributed by atoms with E-state index >= 15 is 0 Å². The lowest BCUT2D eigenvalue weighted by Gasteiger charge is -2.09. The van der Waals surface area contributed by atoms with Gasteiger partial charge in [0, 0.05) is 24.8 Å². The fraction of sp³-hybridized carbons (Fsp3) is 0.136. The van der Waals surface area contributed by atoms with Crippen molar-refractivity contribution in [3.05, 3.63) is 83.9 Å². The first-order valence-corrected chi connectivity index (χ1v) is 9.13. The summed E-state index contributed by atoms with van der Waals surface area (Å²) in [5.41, 5.74) is 3.55. The molecule has 3 rings (SSSR count). The number of anilines is 3. The van der Waals surface area contributed by atoms with Crippen molar-refractivity contribution < 1.29 is 14.0 Å². The van der Waals surface area contributed by atoms with E-state index in [1.807, 2.05) is 12.1 Å². The van der Waals surface area contributed by atoms with Crippen molar-refractivity contribution in [3.8, 4) is 0 Å². The molecule has 1 aromatic heterocycles. The molecule has 3 N–H and O–H groups in total. The van der Waals surface area contributed by atoms with Gasteiger partial charge in [-0.05, 0) is 60.5 Å². The standard InChI is InChI=1S/C22H21FN4O2/c1-15(28)26-18-6-8-19(9-7-18)27-20-10-11-21(25-14-20)22(29)24-13-12-16-2-4-17(23)5-3-16/h2-11,14,27H,12-13H2,1H3,(H,24,29)(H,26,28). The third kappa shape index (κ3) is 6.14. The summed E-state index contributed by atoms with van der Waals surface area (Å²) in [5.74, 6) is -0.667. The number of carbonyl (C=O) groups excluding carboxylic acids is 2. The lowest BCUT2D eigenvalue weighted by atomic mass is 10.1. The van der Waals surface area contributed by atoms with E-state index in [1.165, 1.54) is 19.1 Å². The highest BCUT2D eigenvalue weighted by molar-refractivity contribution is 5.92. The quantitative estimate of drug-likeness (QED) is 0.570. The summed E-state index contributed by atoms with van der Waals surface area (Å²) in [7, 11) is 0. The van der Waals surface area contributed by atoms with E-state index < -0.39 is 0 Å². The largest absolute Gasteiger partial charge is 0.354 e. The molecule has 29 heavy (non-hydrogen) atoms. The van der Waals surface area contributed by atoms with Gasteiger partial charge in [-0.1, -0.05) is 12.1 Å². The topological polar surface area (TPSA) is 83.1 Å². The first-order valence-electron chi connectivity index (χ1n) is 9.13. The lowest BCUT2D eigenvalue weighted by Crippen LogP contribution is -2.26. The zero-order valence-electron chi connectivity index (χ0n) is 15.9. The van der Waals surface area contributed by atoms with E-state index in [0.29, 0.717) is 24.3 Å². The molecule has 0 saturated carbocycles. The highest BCUT2D eigenvalue weighted by atomic mass is 19.1. The van der Waals surface area contributed by atoms with Crippen molar-refractivity contribution in [1.29, 1.82) is 0 Å². The molecule has 0 unspecified atom stereocenters. The number of hydrogen-bond donors (Lipinski definition) is 3. The van der Waals surface area contributed by atoms with Crippen LogP contribution in [-0.4, -0.2) is 23.3 Å². The molecule has 1 heterocycles. The number of aromatic nitrogens is 1. The van der Waals surface area contributed by atoms with Gasteiger partial charge >= 0.3 is 0 Å². The Bertz CT molecular complexity index is 971. The van der Waals surface area contributed by atoms with Crippen molar-refractivity contribution in [1.82, 2.24) is 10.3 Å². The van der Waals surface area contributed by atoms with Crippen LogP contribution in [-0.2, 0) is 11.2 Å². The summed E-state index contributed by atoms with van der Waals surface area (Å²) < 4.78 is 12.9. The molecule has 0 aliphatic rings. The number of rotatable bonds is 7. The van der Waals surface area contributed by atoms with Gasteiger partial charge in [-0.25, -0.2) is 9.37 Å². The first kappa shape index (κ1) is 20.0. The van der Waals surface area contributed by atoms with Gasteiger partial charge < -0.3 is 16.0 Å². The number of nitrogens with zero attached hydrogens (tertiary/aromatic N) is 1. The third-order valence-electron chi connectivity index (χ3n) is 4.10. The molecular weight excluding hydrogens is 371 g/mol. The Hall–Kier alpha value is -3.74. The van der Waals surface area contributed by atoms with Crippen LogP contribution >= 0.6 is 0 Å². The average Bonchev–Trinajstić information content (AvgIpc) is 2.71. The Kier molecular flexibility index (Phi) is 6.52. The third-order valence-corrected chi connectivity index (χ3v) is 4.10. The second-order valence-corrected chi connectivity index (χ2v) is 6.45. The van der Waals surface area contributed by atoms with E-state index in [0.717, 1.165) is 16.9 Å². The summed E-state index contributed by atoms with van der Waals surface area (Å²) in [6.07, 6.45) is 2.19. The summed E-state index contributed by atoms with van der Waals surface area (Å²) in [4.78, 5) is 27.4. The van der Waals surface area contributed by atoms with E-state index in [1.54, 1.807) is 42.6 Å². The minimum atomic E-state index is -0.278. The van der Waals surface area contributed by atoms with Gasteiger partial charge in [0.1, 0.15) is 11.5 Å². The normalized spacial score (nSPS) is 10.3. The molecule has 0 saturated heterocycles. The molecule has 0 aliphatic carbocycles. The van der Waals surface area contributed by atoms with Gasteiger partial charge in [0.05, 0.1) is 11.9 Å². The molecular formula is C22H21FN4O2. The lowest BCUT2D eigenvalue weighted by molar-refractivity contribution is -0.114. The summed E-state index contributed by atoms with van der Waals surface area (Å²) in [5, 5.41) is 8.69. The van der Waals surface area contributed by atoms with Crippen molar-refractivity contribution in [3.63, 3.8) is 0 Å². The minimum Gasteiger partial charge on any atom is -0.354 e. The molecule has 0 atom stereocenters. The second kappa shape index (κ2) is 9.45. The van der Waals surface area contributed by atoms with E-state index in [-0.39, 0.29) is 17.6 Å². The van der Waals surface area contributed by atoms with Gasteiger partial charge in [0.15, 0.2) is 0 Å². The van der Waals surface area contributed by atoms with Gasteiger partial charge in [0.25, 0.3) is 5.91 Å². The number of hydrogen-bond acceptors (Lipinski definition) is 4. The molecule has 0 spiro atoms. The van der Waals surface area contributed by atoms with Crippen LogP contribution in [0.3, 0.4) is 0 Å². The monoisotopic (exact) mass is 392 g/mol. The maximum atomic E-state index is 12.9. The van der Waals surface area contributed by atoms with Gasteiger partial charge in [-0.2, -0.15) is 0 Å². The van der Waals surface area contributed by atoms with Crippen molar-refractivity contribution in [2.75, 3.05) is 17.2 Å². The second-order valence-electron chi connectivity index (χ2n) is 6.45. The van der Waals surface area contributed by atoms with Crippen LogP contribution < -0.4 is 16.0 Å². The highest BCUT2D eigenvalue weighted by Crippen LogP contribution is 2.18. The molecule has 6 nitrogen and oxygen atoms in total. The SMILES string of the molecule is CC(=O)Nc1ccc(Nc2ccc(C(=O)NCCc3ccc(F)cc3)nc2)cc1. The smallest absolute Gasteiger partial charge is 0.269 e. The summed E-state index contributed by atoms with van der Waals surface area (Å²) >= 11 is 0. The first-order chi connectivity index (χ1) is 14.0. The van der Waals surface area contributed by atoms with E-state index in [9.17, 15) is 14.0 Å². The Labute approximate surface area is 168 Å². The molecule has 0 aliphatic heterocycles. The van der Waals surface area contributed by atoms with Crippen molar-refractivity contribution in [2.24, 2.45) is 0 Å². The summed E-state index contributed by atoms with van der Waals surface area (Å²) in [6.45, 7) is 1.89. The predicted octanol–water partition coefficient (Wildman–Crippen LogP) is 3.90. The molecule has 7 heteroatoms. The number of nitrogens with one attached hydrogen (secondary N) is 3. The molecule has 148 valence electrons. The number of benzene rings is 2. The van der Waals surface area contributed by atoms with Crippen LogP contribution in [0.2, 0.25) is 0 Å². The van der Waals surface area contributed by atoms with Crippen LogP contribution in [0.5, 0.6) is 0 Å². The average molecular weight is 392 g/mol. The molecule has 2 amide bonds. The zero-order valence-corrected chi connectivity index (χ0v) is 15.9. The number of carbonyl (C=O) groups is 2. The molecule has 0 fully saturated rings. The Morgan fingerprint density at radius 3 is 2.17 bits per heavy atom. The van der Waals surface area contributed by atoms with Crippen LogP contribution in [0.4, 0.5) is 21.5 Å². The van der Waals surface area contributed by atoms with Crippen LogP contribution in [0.15, 0.2) is 66.9 Å². The van der Waals surface area contributed by atoms with Crippen LogP contribution in [0.25, 0.3) is 0 Å². The molecule has 0 radical (unpaired) electrons. The Balaban J connectivity index is 1.50. The van der Waals surface area contributed by atoms with E-state index in [4.69, 9.17) is 0 Å². The maximum Gasteiger partial charge on any atom is 0.269 e. The van der Waals surface area contributed by atoms with Gasteiger partial charge in [0.2, 0.25) is 5.91 Å².